The summed E-state index contributed by atoms with van der Waals surface area (Å²) >= 11 is 0. The lowest BCUT2D eigenvalue weighted by molar-refractivity contribution is -0.181. The number of likely N-dealkylation sites (tertiary alicyclic amines) is 1. The van der Waals surface area contributed by atoms with Gasteiger partial charge in [-0.15, -0.1) is 0 Å². The van der Waals surface area contributed by atoms with Crippen molar-refractivity contribution in [1.29, 1.82) is 0 Å². The largest absolute Gasteiger partial charge is 0.347 e. The van der Waals surface area contributed by atoms with E-state index >= 15 is 0 Å². The zero-order valence-corrected chi connectivity index (χ0v) is 13.5. The van der Waals surface area contributed by atoms with Crippen molar-refractivity contribution in [3.05, 3.63) is 28.8 Å². The first-order chi connectivity index (χ1) is 11.7. The first kappa shape index (κ1) is 14.4. The average molecular weight is 328 g/mol. The second-order valence-corrected chi connectivity index (χ2v) is 7.02. The van der Waals surface area contributed by atoms with E-state index in [9.17, 15) is 9.59 Å². The molecule has 0 N–H and O–H groups in total. The number of nitrogens with zero attached hydrogens (tertiary/aromatic N) is 2. The van der Waals surface area contributed by atoms with Crippen LogP contribution in [-0.4, -0.2) is 55.3 Å². The Morgan fingerprint density at radius 3 is 2.50 bits per heavy atom. The number of hydrogen-bond acceptors (Lipinski definition) is 4. The van der Waals surface area contributed by atoms with Crippen LogP contribution in [0.5, 0.6) is 0 Å². The normalized spacial score (nSPS) is 24.1. The Morgan fingerprint density at radius 1 is 1.04 bits per heavy atom. The highest BCUT2D eigenvalue weighted by atomic mass is 16.7. The van der Waals surface area contributed by atoms with Gasteiger partial charge < -0.3 is 19.3 Å². The van der Waals surface area contributed by atoms with Crippen LogP contribution in [0.15, 0.2) is 12.1 Å². The maximum atomic E-state index is 12.9. The van der Waals surface area contributed by atoms with E-state index in [1.165, 1.54) is 0 Å². The number of ether oxygens (including phenoxy) is 2. The minimum Gasteiger partial charge on any atom is -0.347 e. The van der Waals surface area contributed by atoms with Crippen LogP contribution in [-0.2, 0) is 27.1 Å². The first-order valence-corrected chi connectivity index (χ1v) is 8.69. The highest BCUT2D eigenvalue weighted by Crippen LogP contribution is 2.39. The van der Waals surface area contributed by atoms with Gasteiger partial charge >= 0.3 is 0 Å². The van der Waals surface area contributed by atoms with E-state index in [1.54, 1.807) is 0 Å². The van der Waals surface area contributed by atoms with Crippen LogP contribution in [0.25, 0.3) is 0 Å². The van der Waals surface area contributed by atoms with Gasteiger partial charge in [-0.2, -0.15) is 0 Å². The zero-order valence-electron chi connectivity index (χ0n) is 13.5. The lowest BCUT2D eigenvalue weighted by atomic mass is 9.99. The molecule has 2 amide bonds. The average Bonchev–Trinajstić information content (AvgIpc) is 3.29. The van der Waals surface area contributed by atoms with Gasteiger partial charge in [0, 0.05) is 38.0 Å². The summed E-state index contributed by atoms with van der Waals surface area (Å²) in [6.45, 7) is 3.34. The molecule has 0 aliphatic carbocycles. The molecular weight excluding hydrogens is 308 g/mol. The van der Waals surface area contributed by atoms with E-state index in [1.807, 2.05) is 21.9 Å². The minimum absolute atomic E-state index is 0.0553. The molecule has 1 aromatic rings. The van der Waals surface area contributed by atoms with Crippen molar-refractivity contribution in [3.63, 3.8) is 0 Å². The monoisotopic (exact) mass is 328 g/mol. The Morgan fingerprint density at radius 2 is 1.75 bits per heavy atom. The SMILES string of the molecule is O=C(c1cc2c3c(c1)CC(=O)N3CC2)N1CCC2(CC1)OCCO2. The van der Waals surface area contributed by atoms with E-state index in [-0.39, 0.29) is 11.8 Å². The molecule has 126 valence electrons. The summed E-state index contributed by atoms with van der Waals surface area (Å²) in [6, 6.07) is 3.89. The molecule has 2 saturated heterocycles. The standard InChI is InChI=1S/C18H20N2O4/c21-15-11-13-10-14(9-12-1-4-20(15)16(12)13)17(22)19-5-2-18(3-6-19)23-7-8-24-18/h9-10H,1-8,11H2. The van der Waals surface area contributed by atoms with E-state index < -0.39 is 5.79 Å². The van der Waals surface area contributed by atoms with Gasteiger partial charge in [0.15, 0.2) is 5.79 Å². The van der Waals surface area contributed by atoms with Gasteiger partial charge in [-0.1, -0.05) is 0 Å². The van der Waals surface area contributed by atoms with Crippen molar-refractivity contribution in [1.82, 2.24) is 4.90 Å². The van der Waals surface area contributed by atoms with Crippen LogP contribution in [0.1, 0.15) is 34.3 Å². The Hall–Kier alpha value is -1.92. The third-order valence-electron chi connectivity index (χ3n) is 5.66. The molecule has 1 spiro atoms. The fraction of sp³-hybridized carbons (Fsp3) is 0.556. The molecule has 1 aromatic carbocycles. The summed E-state index contributed by atoms with van der Waals surface area (Å²) in [5.41, 5.74) is 3.92. The molecule has 0 aromatic heterocycles. The molecule has 6 heteroatoms. The summed E-state index contributed by atoms with van der Waals surface area (Å²) in [6.07, 6.45) is 2.72. The van der Waals surface area contributed by atoms with Gasteiger partial charge in [0.25, 0.3) is 5.91 Å². The van der Waals surface area contributed by atoms with E-state index in [4.69, 9.17) is 9.47 Å². The van der Waals surface area contributed by atoms with Gasteiger partial charge in [0.2, 0.25) is 5.91 Å². The number of carbonyl (C=O) groups is 2. The molecule has 2 fully saturated rings. The lowest BCUT2D eigenvalue weighted by Crippen LogP contribution is -2.47. The van der Waals surface area contributed by atoms with Crippen molar-refractivity contribution < 1.29 is 19.1 Å². The number of hydrogen-bond donors (Lipinski definition) is 0. The lowest BCUT2D eigenvalue weighted by Gasteiger charge is -2.37. The van der Waals surface area contributed by atoms with Crippen molar-refractivity contribution in [2.75, 3.05) is 37.7 Å². The first-order valence-electron chi connectivity index (χ1n) is 8.69. The smallest absolute Gasteiger partial charge is 0.253 e. The zero-order chi connectivity index (χ0) is 16.3. The van der Waals surface area contributed by atoms with Crippen molar-refractivity contribution in [2.24, 2.45) is 0 Å². The van der Waals surface area contributed by atoms with E-state index in [2.05, 4.69) is 0 Å². The summed E-state index contributed by atoms with van der Waals surface area (Å²) in [4.78, 5) is 28.7. The highest BCUT2D eigenvalue weighted by molar-refractivity contribution is 6.05. The number of rotatable bonds is 1. The second-order valence-electron chi connectivity index (χ2n) is 7.02. The van der Waals surface area contributed by atoms with Crippen LogP contribution in [0, 0.1) is 0 Å². The number of piperidine rings is 1. The Kier molecular flexibility index (Phi) is 3.03. The quantitative estimate of drug-likeness (QED) is 0.775. The number of amides is 2. The molecule has 0 atom stereocenters. The molecule has 4 aliphatic rings. The molecule has 4 aliphatic heterocycles. The molecule has 0 bridgehead atoms. The van der Waals surface area contributed by atoms with Crippen LogP contribution in [0.2, 0.25) is 0 Å². The van der Waals surface area contributed by atoms with Gasteiger partial charge in [0.1, 0.15) is 0 Å². The second kappa shape index (κ2) is 5.04. The highest BCUT2D eigenvalue weighted by Gasteiger charge is 2.41. The summed E-state index contributed by atoms with van der Waals surface area (Å²) in [7, 11) is 0. The molecule has 6 nitrogen and oxygen atoms in total. The predicted molar refractivity (Wildman–Crippen MR) is 86.0 cm³/mol. The Balaban J connectivity index is 1.37. The van der Waals surface area contributed by atoms with Gasteiger partial charge in [-0.05, 0) is 29.7 Å². The van der Waals surface area contributed by atoms with Crippen LogP contribution >= 0.6 is 0 Å². The molecule has 5 rings (SSSR count). The third-order valence-corrected chi connectivity index (χ3v) is 5.66. The number of carbonyl (C=O) groups excluding carboxylic acids is 2. The van der Waals surface area contributed by atoms with Crippen LogP contribution in [0.3, 0.4) is 0 Å². The summed E-state index contributed by atoms with van der Waals surface area (Å²) in [5, 5.41) is 0. The van der Waals surface area contributed by atoms with Gasteiger partial charge in [-0.25, -0.2) is 0 Å². The molecule has 24 heavy (non-hydrogen) atoms. The predicted octanol–water partition coefficient (Wildman–Crippen LogP) is 1.11. The number of anilines is 1. The summed E-state index contributed by atoms with van der Waals surface area (Å²) in [5.74, 6) is -0.251. The molecule has 0 saturated carbocycles. The molecular formula is C18H20N2O4. The van der Waals surface area contributed by atoms with Crippen molar-refractivity contribution >= 4 is 17.5 Å². The van der Waals surface area contributed by atoms with Gasteiger partial charge in [-0.3, -0.25) is 9.59 Å². The van der Waals surface area contributed by atoms with Crippen LogP contribution < -0.4 is 4.90 Å². The van der Waals surface area contributed by atoms with Crippen molar-refractivity contribution in [2.45, 2.75) is 31.5 Å². The topological polar surface area (TPSA) is 59.1 Å². The van der Waals surface area contributed by atoms with Crippen LogP contribution in [0.4, 0.5) is 5.69 Å². The molecule has 0 radical (unpaired) electrons. The minimum atomic E-state index is -0.463. The fourth-order valence-electron chi connectivity index (χ4n) is 4.43. The Bertz CT molecular complexity index is 729. The van der Waals surface area contributed by atoms with Gasteiger partial charge in [0.05, 0.1) is 25.3 Å². The maximum absolute atomic E-state index is 12.9. The number of benzene rings is 1. The Labute approximate surface area is 140 Å². The summed E-state index contributed by atoms with van der Waals surface area (Å²) < 4.78 is 11.5. The third kappa shape index (κ3) is 2.03. The van der Waals surface area contributed by atoms with E-state index in [0.29, 0.717) is 38.3 Å². The van der Waals surface area contributed by atoms with E-state index in [0.717, 1.165) is 42.6 Å². The fourth-order valence-corrected chi connectivity index (χ4v) is 4.43. The molecule has 4 heterocycles. The molecule has 0 unspecified atom stereocenters. The maximum Gasteiger partial charge on any atom is 0.253 e. The van der Waals surface area contributed by atoms with Crippen molar-refractivity contribution in [3.8, 4) is 0 Å².